The molecule has 1 aliphatic carbocycles. The van der Waals surface area contributed by atoms with E-state index in [1.807, 2.05) is 7.05 Å². The molecule has 0 atom stereocenters. The Morgan fingerprint density at radius 2 is 1.96 bits per heavy atom. The molecule has 0 bridgehead atoms. The van der Waals surface area contributed by atoms with Gasteiger partial charge >= 0.3 is 0 Å². The number of halogens is 1. The molecule has 2 rings (SSSR count). The number of aliphatic imine (C=N–C) groups is 1. The van der Waals surface area contributed by atoms with Gasteiger partial charge in [0.2, 0.25) is 0 Å². The van der Waals surface area contributed by atoms with Gasteiger partial charge in [-0.2, -0.15) is 0 Å². The maximum atomic E-state index is 5.71. The van der Waals surface area contributed by atoms with Gasteiger partial charge < -0.3 is 19.9 Å². The molecule has 1 aromatic carbocycles. The van der Waals surface area contributed by atoms with Crippen molar-refractivity contribution in [3.05, 3.63) is 35.4 Å². The monoisotopic (exact) mass is 460 g/mol. The van der Waals surface area contributed by atoms with Crippen molar-refractivity contribution in [3.63, 3.8) is 0 Å². The van der Waals surface area contributed by atoms with Crippen molar-refractivity contribution in [2.45, 2.75) is 25.9 Å². The molecule has 0 saturated heterocycles. The number of benzene rings is 1. The highest BCUT2D eigenvalue weighted by molar-refractivity contribution is 14.0. The van der Waals surface area contributed by atoms with Crippen molar-refractivity contribution in [2.24, 2.45) is 10.9 Å². The third-order valence-corrected chi connectivity index (χ3v) is 4.14. The number of ether oxygens (including phenoxy) is 1. The molecule has 25 heavy (non-hydrogen) atoms. The topological polar surface area (TPSA) is 40.1 Å². The van der Waals surface area contributed by atoms with Crippen LogP contribution in [0.2, 0.25) is 0 Å². The molecule has 1 aromatic rings. The van der Waals surface area contributed by atoms with Crippen LogP contribution in [0.4, 0.5) is 0 Å². The fourth-order valence-electron chi connectivity index (χ4n) is 2.61. The van der Waals surface area contributed by atoms with Crippen LogP contribution >= 0.6 is 24.0 Å². The summed E-state index contributed by atoms with van der Waals surface area (Å²) in [6, 6.07) is 8.69. The van der Waals surface area contributed by atoms with E-state index in [0.717, 1.165) is 44.7 Å². The van der Waals surface area contributed by atoms with Gasteiger partial charge in [-0.15, -0.1) is 24.0 Å². The number of nitrogens with one attached hydrogen (secondary N) is 1. The Balaban J connectivity index is 0.00000312. The lowest BCUT2D eigenvalue weighted by molar-refractivity contribution is 0.115. The SMILES string of the molecule is CN=C(NCc1cccc(CN(C)C)c1)N(C)CCOCC1CC1.I. The second-order valence-corrected chi connectivity index (χ2v) is 6.90. The van der Waals surface area contributed by atoms with Crippen LogP contribution in [0.1, 0.15) is 24.0 Å². The van der Waals surface area contributed by atoms with Crippen LogP contribution in [-0.4, -0.2) is 63.7 Å². The molecule has 6 heteroatoms. The van der Waals surface area contributed by atoms with Crippen LogP contribution in [-0.2, 0) is 17.8 Å². The van der Waals surface area contributed by atoms with Gasteiger partial charge in [-0.3, -0.25) is 4.99 Å². The summed E-state index contributed by atoms with van der Waals surface area (Å²) in [6.45, 7) is 4.26. The summed E-state index contributed by atoms with van der Waals surface area (Å²) < 4.78 is 5.71. The minimum atomic E-state index is 0. The molecule has 0 heterocycles. The minimum Gasteiger partial charge on any atom is -0.379 e. The Hall–Kier alpha value is -0.860. The van der Waals surface area contributed by atoms with Crippen molar-refractivity contribution in [1.29, 1.82) is 0 Å². The van der Waals surface area contributed by atoms with Crippen LogP contribution < -0.4 is 5.32 Å². The van der Waals surface area contributed by atoms with Crippen molar-refractivity contribution in [3.8, 4) is 0 Å². The Morgan fingerprint density at radius 3 is 2.60 bits per heavy atom. The number of rotatable bonds is 9. The third-order valence-electron chi connectivity index (χ3n) is 4.14. The number of hydrogen-bond acceptors (Lipinski definition) is 3. The highest BCUT2D eigenvalue weighted by Crippen LogP contribution is 2.28. The summed E-state index contributed by atoms with van der Waals surface area (Å²) in [5, 5.41) is 3.43. The zero-order valence-electron chi connectivity index (χ0n) is 16.0. The standard InChI is InChI=1S/C19H32N4O.HI/c1-20-19(23(4)10-11-24-15-16-8-9-16)21-13-17-6-5-7-18(12-17)14-22(2)3;/h5-7,12,16H,8-11,13-15H2,1-4H3,(H,20,21);1H. The summed E-state index contributed by atoms with van der Waals surface area (Å²) in [7, 11) is 8.06. The van der Waals surface area contributed by atoms with Gasteiger partial charge in [0, 0.05) is 40.3 Å². The predicted molar refractivity (Wildman–Crippen MR) is 116 cm³/mol. The molecule has 0 spiro atoms. The van der Waals surface area contributed by atoms with E-state index in [1.165, 1.54) is 24.0 Å². The molecule has 1 saturated carbocycles. The smallest absolute Gasteiger partial charge is 0.193 e. The van der Waals surface area contributed by atoms with E-state index in [9.17, 15) is 0 Å². The lowest BCUT2D eigenvalue weighted by Gasteiger charge is -2.22. The molecule has 1 fully saturated rings. The lowest BCUT2D eigenvalue weighted by atomic mass is 10.1. The largest absolute Gasteiger partial charge is 0.379 e. The van der Waals surface area contributed by atoms with Crippen LogP contribution in [0.3, 0.4) is 0 Å². The Kier molecular flexibility index (Phi) is 10.4. The van der Waals surface area contributed by atoms with Gasteiger partial charge in [0.25, 0.3) is 0 Å². The first-order valence-electron chi connectivity index (χ1n) is 8.80. The minimum absolute atomic E-state index is 0. The van der Waals surface area contributed by atoms with E-state index in [1.54, 1.807) is 0 Å². The first kappa shape index (κ1) is 22.2. The highest BCUT2D eigenvalue weighted by atomic mass is 127. The van der Waals surface area contributed by atoms with Crippen LogP contribution in [0.25, 0.3) is 0 Å². The third kappa shape index (κ3) is 8.87. The average Bonchev–Trinajstić information content (AvgIpc) is 3.36. The van der Waals surface area contributed by atoms with Crippen LogP contribution in [0, 0.1) is 5.92 Å². The quantitative estimate of drug-likeness (QED) is 0.266. The van der Waals surface area contributed by atoms with E-state index in [2.05, 4.69) is 65.5 Å². The molecule has 0 aliphatic heterocycles. The fraction of sp³-hybridized carbons (Fsp3) is 0.632. The van der Waals surface area contributed by atoms with Gasteiger partial charge in [0.05, 0.1) is 6.61 Å². The van der Waals surface area contributed by atoms with E-state index in [0.29, 0.717) is 0 Å². The first-order valence-corrected chi connectivity index (χ1v) is 8.80. The molecule has 5 nitrogen and oxygen atoms in total. The van der Waals surface area contributed by atoms with E-state index in [4.69, 9.17) is 4.74 Å². The second kappa shape index (κ2) is 11.7. The second-order valence-electron chi connectivity index (χ2n) is 6.90. The van der Waals surface area contributed by atoms with Gasteiger partial charge in [-0.05, 0) is 44.0 Å². The van der Waals surface area contributed by atoms with Gasteiger partial charge in [0.1, 0.15) is 0 Å². The van der Waals surface area contributed by atoms with Gasteiger partial charge in [-0.1, -0.05) is 24.3 Å². The van der Waals surface area contributed by atoms with Crippen LogP contribution in [0.15, 0.2) is 29.3 Å². The molecule has 0 aromatic heterocycles. The zero-order valence-corrected chi connectivity index (χ0v) is 18.3. The summed E-state index contributed by atoms with van der Waals surface area (Å²) >= 11 is 0. The molecule has 142 valence electrons. The molecular weight excluding hydrogens is 427 g/mol. The summed E-state index contributed by atoms with van der Waals surface area (Å²) in [4.78, 5) is 8.67. The van der Waals surface area contributed by atoms with Crippen molar-refractivity contribution in [1.82, 2.24) is 15.1 Å². The summed E-state index contributed by atoms with van der Waals surface area (Å²) in [5.41, 5.74) is 2.60. The molecule has 1 aliphatic rings. The Bertz CT molecular complexity index is 532. The molecular formula is C19H33IN4O. The van der Waals surface area contributed by atoms with Crippen molar-refractivity contribution < 1.29 is 4.74 Å². The number of hydrogen-bond donors (Lipinski definition) is 1. The van der Waals surface area contributed by atoms with E-state index >= 15 is 0 Å². The Labute approximate surface area is 169 Å². The van der Waals surface area contributed by atoms with Crippen molar-refractivity contribution >= 4 is 29.9 Å². The number of guanidine groups is 1. The highest BCUT2D eigenvalue weighted by Gasteiger charge is 2.21. The molecule has 0 unspecified atom stereocenters. The first-order chi connectivity index (χ1) is 11.6. The summed E-state index contributed by atoms with van der Waals surface area (Å²) in [5.74, 6) is 1.73. The summed E-state index contributed by atoms with van der Waals surface area (Å²) in [6.07, 6.45) is 2.68. The van der Waals surface area contributed by atoms with E-state index < -0.39 is 0 Å². The molecule has 0 radical (unpaired) electrons. The normalized spacial score (nSPS) is 14.4. The molecule has 1 N–H and O–H groups in total. The number of likely N-dealkylation sites (N-methyl/N-ethyl adjacent to an activating group) is 1. The fourth-order valence-corrected chi connectivity index (χ4v) is 2.61. The predicted octanol–water partition coefficient (Wildman–Crippen LogP) is 2.80. The maximum absolute atomic E-state index is 5.71. The maximum Gasteiger partial charge on any atom is 0.193 e. The van der Waals surface area contributed by atoms with E-state index in [-0.39, 0.29) is 24.0 Å². The van der Waals surface area contributed by atoms with Gasteiger partial charge in [-0.25, -0.2) is 0 Å². The van der Waals surface area contributed by atoms with Gasteiger partial charge in [0.15, 0.2) is 5.96 Å². The number of nitrogens with zero attached hydrogens (tertiary/aromatic N) is 3. The Morgan fingerprint density at radius 1 is 1.24 bits per heavy atom. The van der Waals surface area contributed by atoms with Crippen LogP contribution in [0.5, 0.6) is 0 Å². The van der Waals surface area contributed by atoms with Crippen molar-refractivity contribution in [2.75, 3.05) is 47.9 Å². The molecule has 0 amide bonds. The lowest BCUT2D eigenvalue weighted by Crippen LogP contribution is -2.40. The average molecular weight is 460 g/mol. The zero-order chi connectivity index (χ0) is 17.4.